The van der Waals surface area contributed by atoms with Gasteiger partial charge in [0.25, 0.3) is 0 Å². The molecule has 1 heterocycles. The number of carbonyl (C=O) groups excluding carboxylic acids is 1. The quantitative estimate of drug-likeness (QED) is 0.313. The number of ether oxygens (including phenoxy) is 1. The molecule has 6 nitrogen and oxygen atoms in total. The lowest BCUT2D eigenvalue weighted by atomic mass is 10.2. The Labute approximate surface area is 142 Å². The van der Waals surface area contributed by atoms with Crippen LogP contribution in [0.3, 0.4) is 0 Å². The number of hydrogen-bond acceptors (Lipinski definition) is 5. The summed E-state index contributed by atoms with van der Waals surface area (Å²) in [6, 6.07) is 0. The predicted molar refractivity (Wildman–Crippen MR) is 94.9 cm³/mol. The highest BCUT2D eigenvalue weighted by molar-refractivity contribution is 7.09. The molecule has 0 atom stereocenters. The first-order valence-corrected chi connectivity index (χ1v) is 9.06. The van der Waals surface area contributed by atoms with Crippen molar-refractivity contribution >= 4 is 23.3 Å². The zero-order valence-corrected chi connectivity index (χ0v) is 15.3. The third-order valence-corrected chi connectivity index (χ3v) is 3.88. The summed E-state index contributed by atoms with van der Waals surface area (Å²) in [6.07, 6.45) is 1.14. The van der Waals surface area contributed by atoms with Gasteiger partial charge in [0.1, 0.15) is 5.01 Å². The van der Waals surface area contributed by atoms with Crippen molar-refractivity contribution in [3.8, 4) is 0 Å². The van der Waals surface area contributed by atoms with E-state index in [0.29, 0.717) is 32.0 Å². The molecule has 0 aliphatic rings. The molecule has 0 saturated carbocycles. The molecule has 0 unspecified atom stereocenters. The molecule has 0 aliphatic heterocycles. The molecule has 23 heavy (non-hydrogen) atoms. The van der Waals surface area contributed by atoms with Gasteiger partial charge in [0.2, 0.25) is 0 Å². The van der Waals surface area contributed by atoms with Crippen molar-refractivity contribution in [3.05, 3.63) is 16.1 Å². The maximum atomic E-state index is 11.3. The molecule has 0 fully saturated rings. The number of hydrogen-bond donors (Lipinski definition) is 2. The fourth-order valence-corrected chi connectivity index (χ4v) is 2.70. The van der Waals surface area contributed by atoms with E-state index in [1.54, 1.807) is 11.3 Å². The van der Waals surface area contributed by atoms with Crippen LogP contribution in [0, 0.1) is 0 Å². The van der Waals surface area contributed by atoms with Crippen LogP contribution in [0.15, 0.2) is 10.4 Å². The second-order valence-corrected chi connectivity index (χ2v) is 6.29. The first-order valence-electron chi connectivity index (χ1n) is 8.18. The van der Waals surface area contributed by atoms with Gasteiger partial charge in [0, 0.05) is 24.9 Å². The SMILES string of the molecule is CCNC(=NCc1nc(C(C)C)cs1)NCCCC(=O)OCC. The van der Waals surface area contributed by atoms with Gasteiger partial charge in [-0.3, -0.25) is 4.79 Å². The Morgan fingerprint density at radius 2 is 2.17 bits per heavy atom. The third-order valence-electron chi connectivity index (χ3n) is 3.03. The lowest BCUT2D eigenvalue weighted by Crippen LogP contribution is -2.37. The van der Waals surface area contributed by atoms with Crippen LogP contribution < -0.4 is 10.6 Å². The number of aromatic nitrogens is 1. The molecule has 0 saturated heterocycles. The number of aliphatic imine (C=N–C) groups is 1. The van der Waals surface area contributed by atoms with Gasteiger partial charge in [-0.05, 0) is 26.2 Å². The molecule has 7 heteroatoms. The van der Waals surface area contributed by atoms with Crippen molar-refractivity contribution in [1.29, 1.82) is 0 Å². The Kier molecular flexibility index (Phi) is 9.28. The van der Waals surface area contributed by atoms with E-state index in [2.05, 4.69) is 39.8 Å². The molecule has 130 valence electrons. The summed E-state index contributed by atoms with van der Waals surface area (Å²) in [7, 11) is 0. The normalized spacial score (nSPS) is 11.6. The summed E-state index contributed by atoms with van der Waals surface area (Å²) in [6.45, 7) is 10.6. The largest absolute Gasteiger partial charge is 0.466 e. The van der Waals surface area contributed by atoms with Crippen molar-refractivity contribution in [2.75, 3.05) is 19.7 Å². The van der Waals surface area contributed by atoms with Crippen LogP contribution in [0.2, 0.25) is 0 Å². The number of thiazole rings is 1. The van der Waals surface area contributed by atoms with Gasteiger partial charge in [0.15, 0.2) is 5.96 Å². The average molecular weight is 340 g/mol. The Morgan fingerprint density at radius 1 is 1.39 bits per heavy atom. The lowest BCUT2D eigenvalue weighted by Gasteiger charge is -2.10. The van der Waals surface area contributed by atoms with Crippen molar-refractivity contribution in [1.82, 2.24) is 15.6 Å². The number of rotatable bonds is 9. The Bertz CT molecular complexity index is 500. The lowest BCUT2D eigenvalue weighted by molar-refractivity contribution is -0.143. The number of carbonyl (C=O) groups is 1. The van der Waals surface area contributed by atoms with E-state index in [4.69, 9.17) is 4.74 Å². The fourth-order valence-electron chi connectivity index (χ4n) is 1.82. The van der Waals surface area contributed by atoms with Crippen LogP contribution in [0.4, 0.5) is 0 Å². The predicted octanol–water partition coefficient (Wildman–Crippen LogP) is 2.66. The molecule has 0 radical (unpaired) electrons. The minimum Gasteiger partial charge on any atom is -0.466 e. The first kappa shape index (κ1) is 19.4. The van der Waals surface area contributed by atoms with E-state index in [1.165, 1.54) is 0 Å². The van der Waals surface area contributed by atoms with Crippen LogP contribution in [-0.4, -0.2) is 36.6 Å². The van der Waals surface area contributed by atoms with Crippen molar-refractivity contribution in [2.24, 2.45) is 4.99 Å². The zero-order chi connectivity index (χ0) is 17.1. The van der Waals surface area contributed by atoms with Crippen molar-refractivity contribution in [3.63, 3.8) is 0 Å². The highest BCUT2D eigenvalue weighted by Crippen LogP contribution is 2.18. The van der Waals surface area contributed by atoms with Gasteiger partial charge in [-0.25, -0.2) is 9.98 Å². The average Bonchev–Trinajstić information content (AvgIpc) is 2.98. The van der Waals surface area contributed by atoms with Gasteiger partial charge in [-0.2, -0.15) is 0 Å². The second kappa shape index (κ2) is 11.0. The molecule has 0 amide bonds. The molecule has 1 aromatic rings. The third kappa shape index (κ3) is 7.97. The van der Waals surface area contributed by atoms with Gasteiger partial charge < -0.3 is 15.4 Å². The number of nitrogens with one attached hydrogen (secondary N) is 2. The number of esters is 1. The Morgan fingerprint density at radius 3 is 2.78 bits per heavy atom. The summed E-state index contributed by atoms with van der Waals surface area (Å²) in [5.74, 6) is 1.04. The molecular weight excluding hydrogens is 312 g/mol. The molecule has 0 aliphatic carbocycles. The van der Waals surface area contributed by atoms with E-state index in [0.717, 1.165) is 29.6 Å². The molecular formula is C16H28N4O2S. The van der Waals surface area contributed by atoms with Gasteiger partial charge in [-0.15, -0.1) is 11.3 Å². The van der Waals surface area contributed by atoms with Crippen LogP contribution in [0.5, 0.6) is 0 Å². The molecule has 0 aromatic carbocycles. The Balaban J connectivity index is 2.41. The van der Waals surface area contributed by atoms with E-state index in [-0.39, 0.29) is 5.97 Å². The summed E-state index contributed by atoms with van der Waals surface area (Å²) in [5.41, 5.74) is 1.12. The molecule has 0 bridgehead atoms. The van der Waals surface area contributed by atoms with Gasteiger partial charge in [0.05, 0.1) is 18.8 Å². The summed E-state index contributed by atoms with van der Waals surface area (Å²) in [5, 5.41) is 9.53. The van der Waals surface area contributed by atoms with Gasteiger partial charge in [-0.1, -0.05) is 13.8 Å². The minimum absolute atomic E-state index is 0.153. The minimum atomic E-state index is -0.153. The zero-order valence-electron chi connectivity index (χ0n) is 14.5. The van der Waals surface area contributed by atoms with E-state index in [9.17, 15) is 4.79 Å². The van der Waals surface area contributed by atoms with Crippen LogP contribution in [-0.2, 0) is 16.1 Å². The van der Waals surface area contributed by atoms with Crippen molar-refractivity contribution in [2.45, 2.75) is 53.0 Å². The van der Waals surface area contributed by atoms with Crippen LogP contribution >= 0.6 is 11.3 Å². The van der Waals surface area contributed by atoms with E-state index >= 15 is 0 Å². The standard InChI is InChI=1S/C16H28N4O2S/c1-5-17-16(18-9-7-8-15(21)22-6-2)19-10-14-20-13(11-23-14)12(3)4/h11-12H,5-10H2,1-4H3,(H2,17,18,19). The summed E-state index contributed by atoms with van der Waals surface area (Å²) < 4.78 is 4.90. The monoisotopic (exact) mass is 340 g/mol. The second-order valence-electron chi connectivity index (χ2n) is 5.35. The number of nitrogens with zero attached hydrogens (tertiary/aromatic N) is 2. The molecule has 1 rings (SSSR count). The molecule has 0 spiro atoms. The summed E-state index contributed by atoms with van der Waals surface area (Å²) in [4.78, 5) is 20.4. The van der Waals surface area contributed by atoms with E-state index < -0.39 is 0 Å². The van der Waals surface area contributed by atoms with Gasteiger partial charge >= 0.3 is 5.97 Å². The summed E-state index contributed by atoms with van der Waals surface area (Å²) >= 11 is 1.64. The fraction of sp³-hybridized carbons (Fsp3) is 0.688. The van der Waals surface area contributed by atoms with Crippen molar-refractivity contribution < 1.29 is 9.53 Å². The maximum absolute atomic E-state index is 11.3. The number of guanidine groups is 1. The van der Waals surface area contributed by atoms with Crippen LogP contribution in [0.25, 0.3) is 0 Å². The van der Waals surface area contributed by atoms with E-state index in [1.807, 2.05) is 13.8 Å². The molecule has 2 N–H and O–H groups in total. The Hall–Kier alpha value is -1.63. The topological polar surface area (TPSA) is 75.6 Å². The smallest absolute Gasteiger partial charge is 0.305 e. The highest BCUT2D eigenvalue weighted by atomic mass is 32.1. The van der Waals surface area contributed by atoms with Crippen LogP contribution in [0.1, 0.15) is 57.2 Å². The first-order chi connectivity index (χ1) is 11.1. The molecule has 1 aromatic heterocycles. The highest BCUT2D eigenvalue weighted by Gasteiger charge is 2.06. The maximum Gasteiger partial charge on any atom is 0.305 e.